The molecule has 0 unspecified atom stereocenters. The van der Waals surface area contributed by atoms with Gasteiger partial charge in [-0.2, -0.15) is 0 Å². The fraction of sp³-hybridized carbons (Fsp3) is 0. The number of pyridine rings is 1. The molecule has 116 valence electrons. The van der Waals surface area contributed by atoms with Gasteiger partial charge in [0.2, 0.25) is 0 Å². The van der Waals surface area contributed by atoms with Crippen LogP contribution in [0.25, 0.3) is 16.9 Å². The Hall–Kier alpha value is -2.91. The van der Waals surface area contributed by atoms with Crippen molar-refractivity contribution < 1.29 is 0 Å². The number of hydrogen-bond acceptors (Lipinski definition) is 2. The molecule has 0 amide bonds. The second kappa shape index (κ2) is 6.30. The summed E-state index contributed by atoms with van der Waals surface area (Å²) in [6, 6.07) is 23.6. The van der Waals surface area contributed by atoms with E-state index >= 15 is 0 Å². The Kier molecular flexibility index (Phi) is 3.85. The van der Waals surface area contributed by atoms with E-state index in [-0.39, 0.29) is 0 Å². The van der Waals surface area contributed by atoms with Crippen molar-refractivity contribution in [2.45, 2.75) is 0 Å². The maximum absolute atomic E-state index is 5.91. The van der Waals surface area contributed by atoms with Crippen LogP contribution in [0.15, 0.2) is 84.0 Å². The van der Waals surface area contributed by atoms with Crippen LogP contribution in [-0.2, 0) is 0 Å². The SMILES string of the molecule is Clc1ccc(N=Cc2nc(-c3ccccc3)n3ccccc23)cc1. The summed E-state index contributed by atoms with van der Waals surface area (Å²) in [4.78, 5) is 9.30. The number of hydrogen-bond donors (Lipinski definition) is 0. The molecule has 0 saturated carbocycles. The Morgan fingerprint density at radius 2 is 1.62 bits per heavy atom. The van der Waals surface area contributed by atoms with E-state index in [1.165, 1.54) is 0 Å². The molecular formula is C20H14ClN3. The maximum Gasteiger partial charge on any atom is 0.145 e. The summed E-state index contributed by atoms with van der Waals surface area (Å²) >= 11 is 5.91. The second-order valence-corrected chi connectivity index (χ2v) is 5.81. The summed E-state index contributed by atoms with van der Waals surface area (Å²) < 4.78 is 2.08. The monoisotopic (exact) mass is 331 g/mol. The molecule has 4 rings (SSSR count). The third kappa shape index (κ3) is 2.82. The minimum atomic E-state index is 0.702. The highest BCUT2D eigenvalue weighted by atomic mass is 35.5. The molecule has 2 heterocycles. The van der Waals surface area contributed by atoms with Crippen LogP contribution in [0, 0.1) is 0 Å². The number of aliphatic imine (C=N–C) groups is 1. The minimum Gasteiger partial charge on any atom is -0.299 e. The molecule has 0 bridgehead atoms. The summed E-state index contributed by atoms with van der Waals surface area (Å²) in [7, 11) is 0. The van der Waals surface area contributed by atoms with Crippen LogP contribution in [0.4, 0.5) is 5.69 Å². The average molecular weight is 332 g/mol. The first-order valence-electron chi connectivity index (χ1n) is 7.63. The molecule has 0 saturated heterocycles. The van der Waals surface area contributed by atoms with Gasteiger partial charge < -0.3 is 0 Å². The first kappa shape index (κ1) is 14.7. The lowest BCUT2D eigenvalue weighted by molar-refractivity contribution is 1.16. The third-order valence-corrected chi connectivity index (χ3v) is 4.02. The topological polar surface area (TPSA) is 29.7 Å². The Labute approximate surface area is 144 Å². The van der Waals surface area contributed by atoms with Crippen molar-refractivity contribution in [3.8, 4) is 11.4 Å². The number of imidazole rings is 1. The molecule has 0 aliphatic heterocycles. The van der Waals surface area contributed by atoms with Crippen molar-refractivity contribution in [1.29, 1.82) is 0 Å². The van der Waals surface area contributed by atoms with E-state index in [4.69, 9.17) is 16.6 Å². The van der Waals surface area contributed by atoms with E-state index in [0.717, 1.165) is 28.3 Å². The van der Waals surface area contributed by atoms with E-state index in [0.29, 0.717) is 5.02 Å². The number of benzene rings is 2. The van der Waals surface area contributed by atoms with Crippen LogP contribution in [0.3, 0.4) is 0 Å². The van der Waals surface area contributed by atoms with Crippen molar-refractivity contribution in [3.63, 3.8) is 0 Å². The predicted octanol–water partition coefficient (Wildman–Crippen LogP) is 5.41. The number of halogens is 1. The molecular weight excluding hydrogens is 318 g/mol. The summed E-state index contributed by atoms with van der Waals surface area (Å²) in [5.74, 6) is 0.906. The standard InChI is InChI=1S/C20H14ClN3/c21-16-9-11-17(12-10-16)22-14-18-19-8-4-5-13-24(19)20(23-18)15-6-2-1-3-7-15/h1-14H. The quantitative estimate of drug-likeness (QED) is 0.462. The van der Waals surface area contributed by atoms with Gasteiger partial charge in [0.05, 0.1) is 17.4 Å². The average Bonchev–Trinajstić information content (AvgIpc) is 3.01. The Morgan fingerprint density at radius 1 is 0.875 bits per heavy atom. The molecule has 0 atom stereocenters. The molecule has 24 heavy (non-hydrogen) atoms. The van der Waals surface area contributed by atoms with Gasteiger partial charge in [0, 0.05) is 16.8 Å². The smallest absolute Gasteiger partial charge is 0.145 e. The van der Waals surface area contributed by atoms with Gasteiger partial charge in [0.1, 0.15) is 11.5 Å². The summed E-state index contributed by atoms with van der Waals surface area (Å²) in [5, 5.41) is 0.702. The number of rotatable bonds is 3. The Bertz CT molecular complexity index is 1000. The lowest BCUT2D eigenvalue weighted by atomic mass is 10.2. The molecule has 4 heteroatoms. The largest absolute Gasteiger partial charge is 0.299 e. The van der Waals surface area contributed by atoms with Crippen LogP contribution in [-0.4, -0.2) is 15.6 Å². The van der Waals surface area contributed by atoms with E-state index in [1.807, 2.05) is 66.9 Å². The van der Waals surface area contributed by atoms with Gasteiger partial charge in [0.25, 0.3) is 0 Å². The van der Waals surface area contributed by atoms with Crippen LogP contribution >= 0.6 is 11.6 Å². The number of nitrogens with zero attached hydrogens (tertiary/aromatic N) is 3. The zero-order valence-electron chi connectivity index (χ0n) is 12.8. The molecule has 0 radical (unpaired) electrons. The lowest BCUT2D eigenvalue weighted by Gasteiger charge is -1.99. The fourth-order valence-electron chi connectivity index (χ4n) is 2.61. The van der Waals surface area contributed by atoms with Crippen molar-refractivity contribution in [3.05, 3.63) is 89.7 Å². The van der Waals surface area contributed by atoms with Gasteiger partial charge in [-0.05, 0) is 36.4 Å². The first-order chi connectivity index (χ1) is 11.8. The number of fused-ring (bicyclic) bond motifs is 1. The molecule has 0 aliphatic carbocycles. The lowest BCUT2D eigenvalue weighted by Crippen LogP contribution is -1.87. The summed E-state index contributed by atoms with van der Waals surface area (Å²) in [5.41, 5.74) is 3.78. The molecule has 0 aliphatic rings. The predicted molar refractivity (Wildman–Crippen MR) is 99.3 cm³/mol. The molecule has 4 aromatic rings. The zero-order chi connectivity index (χ0) is 16.4. The highest BCUT2D eigenvalue weighted by molar-refractivity contribution is 6.30. The van der Waals surface area contributed by atoms with Gasteiger partial charge in [-0.25, -0.2) is 4.98 Å². The highest BCUT2D eigenvalue weighted by Gasteiger charge is 2.10. The first-order valence-corrected chi connectivity index (χ1v) is 8.01. The maximum atomic E-state index is 5.91. The Morgan fingerprint density at radius 3 is 2.42 bits per heavy atom. The van der Waals surface area contributed by atoms with Crippen molar-refractivity contribution >= 4 is 29.0 Å². The molecule has 0 spiro atoms. The molecule has 2 aromatic heterocycles. The van der Waals surface area contributed by atoms with Crippen LogP contribution in [0.2, 0.25) is 5.02 Å². The van der Waals surface area contributed by atoms with E-state index in [9.17, 15) is 0 Å². The normalized spacial score (nSPS) is 11.4. The molecule has 0 N–H and O–H groups in total. The third-order valence-electron chi connectivity index (χ3n) is 3.77. The zero-order valence-corrected chi connectivity index (χ0v) is 13.6. The second-order valence-electron chi connectivity index (χ2n) is 5.38. The molecule has 0 fully saturated rings. The van der Waals surface area contributed by atoms with E-state index < -0.39 is 0 Å². The fourth-order valence-corrected chi connectivity index (χ4v) is 2.74. The molecule has 2 aromatic carbocycles. The highest BCUT2D eigenvalue weighted by Crippen LogP contribution is 2.22. The van der Waals surface area contributed by atoms with E-state index in [2.05, 4.69) is 21.5 Å². The van der Waals surface area contributed by atoms with E-state index in [1.54, 1.807) is 6.21 Å². The summed E-state index contributed by atoms with van der Waals surface area (Å²) in [6.45, 7) is 0. The van der Waals surface area contributed by atoms with Gasteiger partial charge >= 0.3 is 0 Å². The van der Waals surface area contributed by atoms with Crippen molar-refractivity contribution in [2.75, 3.05) is 0 Å². The number of aromatic nitrogens is 2. The van der Waals surface area contributed by atoms with Gasteiger partial charge in [-0.15, -0.1) is 0 Å². The van der Waals surface area contributed by atoms with Crippen LogP contribution in [0.5, 0.6) is 0 Å². The van der Waals surface area contributed by atoms with Gasteiger partial charge in [-0.1, -0.05) is 48.0 Å². The van der Waals surface area contributed by atoms with Crippen molar-refractivity contribution in [1.82, 2.24) is 9.38 Å². The van der Waals surface area contributed by atoms with Crippen molar-refractivity contribution in [2.24, 2.45) is 4.99 Å². The van der Waals surface area contributed by atoms with Gasteiger partial charge in [-0.3, -0.25) is 9.39 Å². The van der Waals surface area contributed by atoms with Crippen LogP contribution < -0.4 is 0 Å². The summed E-state index contributed by atoms with van der Waals surface area (Å²) in [6.07, 6.45) is 3.81. The van der Waals surface area contributed by atoms with Gasteiger partial charge in [0.15, 0.2) is 0 Å². The molecule has 3 nitrogen and oxygen atoms in total. The Balaban J connectivity index is 1.80. The van der Waals surface area contributed by atoms with Crippen LogP contribution in [0.1, 0.15) is 5.69 Å². The minimum absolute atomic E-state index is 0.702.